The topological polar surface area (TPSA) is 203 Å². The lowest BCUT2D eigenvalue weighted by Crippen LogP contribution is -2.15. The fourth-order valence-electron chi connectivity index (χ4n) is 5.89. The number of hydrogen-bond donors (Lipinski definition) is 4. The zero-order valence-corrected chi connectivity index (χ0v) is 36.5. The van der Waals surface area contributed by atoms with E-state index in [4.69, 9.17) is 51.8 Å². The summed E-state index contributed by atoms with van der Waals surface area (Å²) in [6.45, 7) is 3.89. The second kappa shape index (κ2) is 18.1. The highest BCUT2D eigenvalue weighted by Crippen LogP contribution is 2.47. The fourth-order valence-corrected chi connectivity index (χ4v) is 9.32. The van der Waals surface area contributed by atoms with Gasteiger partial charge in [-0.3, -0.25) is 9.44 Å². The highest BCUT2D eigenvalue weighted by atomic mass is 79.9. The van der Waals surface area contributed by atoms with Gasteiger partial charge in [-0.2, -0.15) is 0 Å². The van der Waals surface area contributed by atoms with E-state index in [1.165, 1.54) is 14.2 Å². The van der Waals surface area contributed by atoms with Crippen LogP contribution in [0.2, 0.25) is 15.9 Å². The van der Waals surface area contributed by atoms with E-state index in [0.29, 0.717) is 55.2 Å². The molecule has 2 heterocycles. The average molecular weight is 943 g/mol. The van der Waals surface area contributed by atoms with E-state index in [2.05, 4.69) is 35.7 Å². The normalized spacial score (nSPS) is 13.9. The van der Waals surface area contributed by atoms with Crippen LogP contribution in [0.5, 0.6) is 11.5 Å². The summed E-state index contributed by atoms with van der Waals surface area (Å²) in [6.07, 6.45) is 5.56. The van der Waals surface area contributed by atoms with Crippen molar-refractivity contribution in [1.29, 1.82) is 0 Å². The third kappa shape index (κ3) is 9.70. The quantitative estimate of drug-likeness (QED) is 0.0848. The Balaban J connectivity index is 0.000000226. The van der Waals surface area contributed by atoms with Crippen molar-refractivity contribution in [1.82, 2.24) is 10.3 Å². The second-order valence-electron chi connectivity index (χ2n) is 13.6. The maximum absolute atomic E-state index is 13.0. The van der Waals surface area contributed by atoms with Crippen LogP contribution in [-0.2, 0) is 32.9 Å². The zero-order chi connectivity index (χ0) is 41.9. The van der Waals surface area contributed by atoms with Gasteiger partial charge in [0.15, 0.2) is 22.8 Å². The van der Waals surface area contributed by atoms with E-state index in [1.807, 2.05) is 32.0 Å². The first-order valence-electron chi connectivity index (χ1n) is 18.2. The highest BCUT2D eigenvalue weighted by molar-refractivity contribution is 9.10. The van der Waals surface area contributed by atoms with Crippen molar-refractivity contribution in [2.24, 2.45) is 0 Å². The van der Waals surface area contributed by atoms with Gasteiger partial charge in [-0.1, -0.05) is 78.4 Å². The van der Waals surface area contributed by atoms with Crippen LogP contribution >= 0.6 is 39.1 Å². The maximum Gasteiger partial charge on any atom is 0.454 e. The van der Waals surface area contributed by atoms with Gasteiger partial charge in [-0.05, 0) is 113 Å². The van der Waals surface area contributed by atoms with Crippen LogP contribution in [0.1, 0.15) is 65.0 Å². The summed E-state index contributed by atoms with van der Waals surface area (Å²) in [5, 5.41) is 25.8. The van der Waals surface area contributed by atoms with Crippen LogP contribution in [0.4, 0.5) is 11.6 Å². The number of rotatable bonds is 12. The predicted molar refractivity (Wildman–Crippen MR) is 231 cm³/mol. The number of halogens is 3. The Bertz CT molecular complexity index is 2680. The molecule has 0 radical (unpaired) electrons. The number of ether oxygens (including phenoxy) is 2. The molecule has 0 atom stereocenters. The first-order chi connectivity index (χ1) is 27.6. The van der Waals surface area contributed by atoms with E-state index in [9.17, 15) is 16.8 Å². The standard InChI is InChI=1S/C19H19ClN2O4S.C16H14BrClN2O4S.C3H7BO2.2H2/c1-3-11-4-8-14(25-2)16(10-11)27(23,24)22-19-17-15(26-21-19)9-7-13(18(17)20)12-5-6-12;1-3-9-4-6-11(23-2)13(8-9)25(21,22)20-16-14-12(24-19-16)7-5-10(17)15(14)18;5-4(6)3-1-2-3;;/h4,7-10,12H,3,5-6H2,1-2H3,(H,21,22);4-8H,3H2,1-2H3,(H,19,20);3,5-6H,1-2H2;2*1H. The maximum atomic E-state index is 13.0. The smallest absolute Gasteiger partial charge is 0.454 e. The Morgan fingerprint density at radius 2 is 1.22 bits per heavy atom. The summed E-state index contributed by atoms with van der Waals surface area (Å²) in [4.78, 5) is 0.0755. The molecule has 0 aliphatic heterocycles. The van der Waals surface area contributed by atoms with Crippen LogP contribution in [0, 0.1) is 0 Å². The number of aryl methyl sites for hydroxylation is 2. The Morgan fingerprint density at radius 3 is 1.62 bits per heavy atom. The van der Waals surface area contributed by atoms with Gasteiger partial charge in [0, 0.05) is 7.33 Å². The monoisotopic (exact) mass is 940 g/mol. The molecular weight excluding hydrogens is 898 g/mol. The second-order valence-corrected chi connectivity index (χ2v) is 18.5. The van der Waals surface area contributed by atoms with Crippen molar-refractivity contribution < 1.29 is 48.3 Å². The first kappa shape index (κ1) is 43.5. The van der Waals surface area contributed by atoms with Gasteiger partial charge in [-0.25, -0.2) is 16.8 Å². The number of sulfonamides is 2. The summed E-state index contributed by atoms with van der Waals surface area (Å²) < 4.78 is 78.2. The Hall–Kier alpha value is -4.04. The fraction of sp³-hybridized carbons (Fsp3) is 0.316. The van der Waals surface area contributed by atoms with Crippen molar-refractivity contribution in [3.8, 4) is 11.5 Å². The van der Waals surface area contributed by atoms with Crippen molar-refractivity contribution in [3.63, 3.8) is 0 Å². The Morgan fingerprint density at radius 1 is 0.759 bits per heavy atom. The number of fused-ring (bicyclic) bond motifs is 2. The molecular formula is C38H44BBrCl2N4O10S2. The molecule has 14 nitrogen and oxygen atoms in total. The number of aromatic nitrogens is 2. The lowest BCUT2D eigenvalue weighted by molar-refractivity contribution is 0.402. The predicted octanol–water partition coefficient (Wildman–Crippen LogP) is 9.46. The minimum absolute atomic E-state index is 0. The number of methoxy groups -OCH3 is 2. The lowest BCUT2D eigenvalue weighted by Gasteiger charge is -2.12. The van der Waals surface area contributed by atoms with Gasteiger partial charge in [-0.15, -0.1) is 0 Å². The first-order valence-corrected chi connectivity index (χ1v) is 22.7. The van der Waals surface area contributed by atoms with Gasteiger partial charge in [0.25, 0.3) is 20.0 Å². The molecule has 0 saturated heterocycles. The van der Waals surface area contributed by atoms with Crippen LogP contribution in [0.15, 0.2) is 84.0 Å². The van der Waals surface area contributed by atoms with Crippen molar-refractivity contribution in [2.75, 3.05) is 23.7 Å². The van der Waals surface area contributed by atoms with E-state index >= 15 is 0 Å². The molecule has 2 saturated carbocycles. The molecule has 0 unspecified atom stereocenters. The molecule has 58 heavy (non-hydrogen) atoms. The zero-order valence-electron chi connectivity index (χ0n) is 31.8. The summed E-state index contributed by atoms with van der Waals surface area (Å²) in [5.74, 6) is 1.24. The summed E-state index contributed by atoms with van der Waals surface area (Å²) >= 11 is 16.1. The van der Waals surface area contributed by atoms with Gasteiger partial charge in [0.1, 0.15) is 21.3 Å². The van der Waals surface area contributed by atoms with Crippen LogP contribution < -0.4 is 18.9 Å². The molecule has 4 N–H and O–H groups in total. The molecule has 0 amide bonds. The molecule has 0 bridgehead atoms. The van der Waals surface area contributed by atoms with Crippen molar-refractivity contribution in [3.05, 3.63) is 91.9 Å². The molecule has 6 aromatic rings. The number of benzene rings is 4. The molecule has 0 spiro atoms. The molecule has 312 valence electrons. The van der Waals surface area contributed by atoms with Gasteiger partial charge < -0.3 is 28.6 Å². The number of nitrogens with one attached hydrogen (secondary N) is 2. The van der Waals surface area contributed by atoms with E-state index in [1.54, 1.807) is 42.5 Å². The SMILES string of the molecule is CCc1ccc(OC)c(S(=O)(=O)Nc2noc3ccc(Br)c(Cl)c23)c1.CCc1ccc(OC)c(S(=O)(=O)Nc2noc3ccc(C4CC4)c(Cl)c23)c1.OB(O)C1CC1.[HH].[HH]. The van der Waals surface area contributed by atoms with E-state index in [0.717, 1.165) is 42.4 Å². The van der Waals surface area contributed by atoms with Crippen molar-refractivity contribution >= 4 is 99.9 Å². The highest BCUT2D eigenvalue weighted by Gasteiger charge is 2.33. The Kier molecular flexibility index (Phi) is 13.6. The van der Waals surface area contributed by atoms with Gasteiger partial charge >= 0.3 is 7.12 Å². The average Bonchev–Trinajstić information content (AvgIpc) is 4.15. The van der Waals surface area contributed by atoms with Crippen LogP contribution in [0.3, 0.4) is 0 Å². The minimum atomic E-state index is -3.95. The molecule has 20 heteroatoms. The lowest BCUT2D eigenvalue weighted by atomic mass is 9.84. The van der Waals surface area contributed by atoms with Crippen LogP contribution in [0.25, 0.3) is 21.9 Å². The number of hydrogen-bond acceptors (Lipinski definition) is 12. The number of anilines is 2. The molecule has 2 fully saturated rings. The number of nitrogens with zero attached hydrogens (tertiary/aromatic N) is 2. The largest absolute Gasteiger partial charge is 0.495 e. The van der Waals surface area contributed by atoms with E-state index in [-0.39, 0.29) is 41.6 Å². The minimum Gasteiger partial charge on any atom is -0.495 e. The van der Waals surface area contributed by atoms with Crippen LogP contribution in [-0.4, -0.2) is 58.5 Å². The van der Waals surface area contributed by atoms with E-state index < -0.39 is 27.2 Å². The molecule has 2 aromatic heterocycles. The third-order valence-corrected chi connectivity index (χ3v) is 13.9. The molecule has 4 aromatic carbocycles. The summed E-state index contributed by atoms with van der Waals surface area (Å²) in [7, 11) is -6.08. The molecule has 8 rings (SSSR count). The molecule has 2 aliphatic carbocycles. The van der Waals surface area contributed by atoms with Gasteiger partial charge in [0.05, 0.1) is 35.0 Å². The molecule has 2 aliphatic rings. The summed E-state index contributed by atoms with van der Waals surface area (Å²) in [6, 6.07) is 17.1. The Labute approximate surface area is 357 Å². The summed E-state index contributed by atoms with van der Waals surface area (Å²) in [5.41, 5.74) is 3.57. The van der Waals surface area contributed by atoms with Gasteiger partial charge in [0.2, 0.25) is 0 Å². The van der Waals surface area contributed by atoms with Crippen molar-refractivity contribution in [2.45, 2.75) is 73.9 Å². The third-order valence-electron chi connectivity index (χ3n) is 9.51.